The van der Waals surface area contributed by atoms with Gasteiger partial charge in [0.05, 0.1) is 5.84 Å². The monoisotopic (exact) mass is 242 g/mol. The van der Waals surface area contributed by atoms with Crippen LogP contribution in [-0.2, 0) is 0 Å². The van der Waals surface area contributed by atoms with Crippen LogP contribution in [0.4, 0.5) is 0 Å². The smallest absolute Gasteiger partial charge is 0.0963 e. The molecule has 0 unspecified atom stereocenters. The first kappa shape index (κ1) is 13.9. The Hall–Kier alpha value is -0.180. The molecule has 1 N–H and O–H groups in total. The minimum absolute atomic E-state index is 1.04. The second-order valence-electron chi connectivity index (χ2n) is 4.47. The van der Waals surface area contributed by atoms with Crippen molar-refractivity contribution in [3.05, 3.63) is 0 Å². The lowest BCUT2D eigenvalue weighted by Crippen LogP contribution is -2.24. The zero-order chi connectivity index (χ0) is 11.5. The maximum Gasteiger partial charge on any atom is 0.0963 e. The lowest BCUT2D eigenvalue weighted by atomic mass is 10.2. The van der Waals surface area contributed by atoms with E-state index >= 15 is 0 Å². The molecule has 0 amide bonds. The normalized spacial score (nSPS) is 16.7. The van der Waals surface area contributed by atoms with Crippen LogP contribution in [0.15, 0.2) is 4.99 Å². The van der Waals surface area contributed by atoms with Gasteiger partial charge in [-0.25, -0.2) is 0 Å². The van der Waals surface area contributed by atoms with E-state index in [4.69, 9.17) is 0 Å². The molecule has 3 heteroatoms. The average molecular weight is 242 g/mol. The molecule has 94 valence electrons. The lowest BCUT2D eigenvalue weighted by Gasteiger charge is -2.07. The zero-order valence-electron chi connectivity index (χ0n) is 10.6. The number of nitrogens with one attached hydrogen (secondary N) is 1. The third kappa shape index (κ3) is 7.15. The summed E-state index contributed by atoms with van der Waals surface area (Å²) in [6, 6.07) is 0. The summed E-state index contributed by atoms with van der Waals surface area (Å²) in [6.07, 6.45) is 12.7. The Bertz CT molecular complexity index is 192. The van der Waals surface area contributed by atoms with E-state index in [1.165, 1.54) is 63.0 Å². The largest absolute Gasteiger partial charge is 0.374 e. The van der Waals surface area contributed by atoms with Gasteiger partial charge in [0.1, 0.15) is 0 Å². The molecule has 0 aromatic carbocycles. The predicted octanol–water partition coefficient (Wildman–Crippen LogP) is 3.47. The van der Waals surface area contributed by atoms with Crippen molar-refractivity contribution in [1.29, 1.82) is 0 Å². The van der Waals surface area contributed by atoms with E-state index in [2.05, 4.69) is 16.6 Å². The molecule has 0 saturated carbocycles. The Morgan fingerprint density at radius 3 is 2.88 bits per heavy atom. The highest BCUT2D eigenvalue weighted by atomic mass is 32.2. The molecule has 2 nitrogen and oxygen atoms in total. The van der Waals surface area contributed by atoms with Crippen LogP contribution < -0.4 is 5.32 Å². The standard InChI is InChI=1S/C13H26N2S/c1-16-12-8-3-2-6-10-14-13-9-5-4-7-11-15-13/h2-12H2,1H3,(H,14,15). The number of thioether (sulfide) groups is 1. The van der Waals surface area contributed by atoms with Crippen molar-refractivity contribution < 1.29 is 0 Å². The van der Waals surface area contributed by atoms with Gasteiger partial charge in [-0.1, -0.05) is 19.3 Å². The van der Waals surface area contributed by atoms with E-state index in [9.17, 15) is 0 Å². The number of hydrogen-bond donors (Lipinski definition) is 1. The summed E-state index contributed by atoms with van der Waals surface area (Å²) in [6.45, 7) is 2.16. The molecule has 1 aliphatic rings. The summed E-state index contributed by atoms with van der Waals surface area (Å²) in [5, 5.41) is 3.50. The fourth-order valence-electron chi connectivity index (χ4n) is 1.98. The van der Waals surface area contributed by atoms with E-state index in [-0.39, 0.29) is 0 Å². The molecule has 0 atom stereocenters. The van der Waals surface area contributed by atoms with Crippen molar-refractivity contribution in [2.24, 2.45) is 4.99 Å². The predicted molar refractivity (Wildman–Crippen MR) is 75.6 cm³/mol. The zero-order valence-corrected chi connectivity index (χ0v) is 11.5. The maximum atomic E-state index is 4.57. The number of rotatable bonds is 7. The van der Waals surface area contributed by atoms with Crippen molar-refractivity contribution >= 4 is 17.6 Å². The van der Waals surface area contributed by atoms with Gasteiger partial charge in [-0.15, -0.1) is 0 Å². The third-order valence-corrected chi connectivity index (χ3v) is 3.68. The minimum Gasteiger partial charge on any atom is -0.374 e. The molecule has 1 aliphatic heterocycles. The summed E-state index contributed by atoms with van der Waals surface area (Å²) in [4.78, 5) is 4.57. The maximum absolute atomic E-state index is 4.57. The quantitative estimate of drug-likeness (QED) is 0.691. The number of unbranched alkanes of at least 4 members (excludes halogenated alkanes) is 3. The highest BCUT2D eigenvalue weighted by molar-refractivity contribution is 7.98. The minimum atomic E-state index is 1.04. The van der Waals surface area contributed by atoms with Crippen LogP contribution in [0.25, 0.3) is 0 Å². The summed E-state index contributed by atoms with van der Waals surface area (Å²) in [5.41, 5.74) is 0. The van der Waals surface area contributed by atoms with Gasteiger partial charge in [0.2, 0.25) is 0 Å². The molecule has 0 fully saturated rings. The van der Waals surface area contributed by atoms with Gasteiger partial charge in [0.25, 0.3) is 0 Å². The molecule has 0 saturated heterocycles. The van der Waals surface area contributed by atoms with E-state index in [1.807, 2.05) is 11.8 Å². The van der Waals surface area contributed by atoms with Crippen LogP contribution >= 0.6 is 11.8 Å². The van der Waals surface area contributed by atoms with Gasteiger partial charge in [0.15, 0.2) is 0 Å². The highest BCUT2D eigenvalue weighted by Crippen LogP contribution is 2.07. The summed E-state index contributed by atoms with van der Waals surface area (Å²) in [5.74, 6) is 2.58. The summed E-state index contributed by atoms with van der Waals surface area (Å²) < 4.78 is 0. The van der Waals surface area contributed by atoms with Crippen LogP contribution in [0, 0.1) is 0 Å². The van der Waals surface area contributed by atoms with Crippen molar-refractivity contribution in [2.45, 2.75) is 51.4 Å². The molecule has 0 radical (unpaired) electrons. The Kier molecular flexibility index (Phi) is 8.68. The lowest BCUT2D eigenvalue weighted by molar-refractivity contribution is 0.653. The van der Waals surface area contributed by atoms with Gasteiger partial charge in [-0.05, 0) is 37.7 Å². The van der Waals surface area contributed by atoms with Crippen molar-refractivity contribution in [1.82, 2.24) is 5.32 Å². The molecule has 1 rings (SSSR count). The molecular weight excluding hydrogens is 216 g/mol. The molecule has 1 heterocycles. The molecule has 0 aromatic heterocycles. The highest BCUT2D eigenvalue weighted by Gasteiger charge is 2.02. The van der Waals surface area contributed by atoms with Crippen molar-refractivity contribution in [3.8, 4) is 0 Å². The Morgan fingerprint density at radius 1 is 1.12 bits per heavy atom. The first-order valence-electron chi connectivity index (χ1n) is 6.69. The van der Waals surface area contributed by atoms with Gasteiger partial charge in [0, 0.05) is 19.5 Å². The molecule has 16 heavy (non-hydrogen) atoms. The van der Waals surface area contributed by atoms with Crippen LogP contribution in [0.1, 0.15) is 51.4 Å². The molecular formula is C13H26N2S. The van der Waals surface area contributed by atoms with Gasteiger partial charge < -0.3 is 5.32 Å². The number of amidine groups is 1. The van der Waals surface area contributed by atoms with E-state index in [0.29, 0.717) is 0 Å². The van der Waals surface area contributed by atoms with Crippen LogP contribution in [0.3, 0.4) is 0 Å². The second-order valence-corrected chi connectivity index (χ2v) is 5.46. The van der Waals surface area contributed by atoms with Crippen molar-refractivity contribution in [2.75, 3.05) is 25.1 Å². The van der Waals surface area contributed by atoms with Crippen LogP contribution in [0.5, 0.6) is 0 Å². The number of aliphatic imine (C=N–C) groups is 1. The van der Waals surface area contributed by atoms with Crippen molar-refractivity contribution in [3.63, 3.8) is 0 Å². The number of nitrogens with zero attached hydrogens (tertiary/aromatic N) is 1. The van der Waals surface area contributed by atoms with E-state index in [1.54, 1.807) is 0 Å². The molecule has 0 aliphatic carbocycles. The Balaban J connectivity index is 1.91. The van der Waals surface area contributed by atoms with E-state index in [0.717, 1.165) is 13.1 Å². The Morgan fingerprint density at radius 2 is 2.00 bits per heavy atom. The molecule has 0 aromatic rings. The molecule has 0 bridgehead atoms. The second kappa shape index (κ2) is 10.0. The Labute approximate surface area is 105 Å². The van der Waals surface area contributed by atoms with Gasteiger partial charge >= 0.3 is 0 Å². The average Bonchev–Trinajstić information content (AvgIpc) is 2.56. The van der Waals surface area contributed by atoms with E-state index < -0.39 is 0 Å². The van der Waals surface area contributed by atoms with Gasteiger partial charge in [-0.2, -0.15) is 11.8 Å². The fraction of sp³-hybridized carbons (Fsp3) is 0.923. The first-order valence-corrected chi connectivity index (χ1v) is 8.09. The van der Waals surface area contributed by atoms with Gasteiger partial charge in [-0.3, -0.25) is 4.99 Å². The van der Waals surface area contributed by atoms with Crippen LogP contribution in [0.2, 0.25) is 0 Å². The third-order valence-electron chi connectivity index (χ3n) is 2.98. The summed E-state index contributed by atoms with van der Waals surface area (Å²) in [7, 11) is 0. The first-order chi connectivity index (χ1) is 7.93. The SMILES string of the molecule is CSCCCCCCNC1=NCCCCC1. The van der Waals surface area contributed by atoms with Crippen LogP contribution in [-0.4, -0.2) is 30.9 Å². The fourth-order valence-corrected chi connectivity index (χ4v) is 2.47. The molecule has 0 spiro atoms. The topological polar surface area (TPSA) is 24.4 Å². The summed E-state index contributed by atoms with van der Waals surface area (Å²) >= 11 is 1.96. The number of hydrogen-bond acceptors (Lipinski definition) is 3.